The van der Waals surface area contributed by atoms with E-state index in [9.17, 15) is 29.2 Å². The maximum absolute atomic E-state index is 14.3. The van der Waals surface area contributed by atoms with E-state index in [0.29, 0.717) is 25.7 Å². The van der Waals surface area contributed by atoms with Gasteiger partial charge in [-0.2, -0.15) is 0 Å². The lowest BCUT2D eigenvalue weighted by Gasteiger charge is -2.41. The summed E-state index contributed by atoms with van der Waals surface area (Å²) in [6.07, 6.45) is 4.16. The molecule has 1 heterocycles. The van der Waals surface area contributed by atoms with Gasteiger partial charge in [0.1, 0.15) is 12.3 Å². The maximum atomic E-state index is 14.3. The molecule has 58 heavy (non-hydrogen) atoms. The SMILES string of the molecule is CCCC[C@@H](C=O)NC(=O)[C@@H](NC(=O)[C@H](Cc1ccccc1)[NH+]([O-])C[C@H](C)[C@@H](OC)[C@@H]1CCCN1C(=O)C[C@@H](OC)[C@H]([C@@H](C)CC)N(C)C(=O)[C@@H](N)C(C)C)C(C)C. The Hall–Kier alpha value is -3.43. The van der Waals surface area contributed by atoms with Crippen molar-refractivity contribution in [2.24, 2.45) is 29.4 Å². The Kier molecular flexibility index (Phi) is 22.1. The van der Waals surface area contributed by atoms with Crippen molar-refractivity contribution in [2.45, 2.75) is 155 Å². The molecule has 5 N–H and O–H groups in total. The first-order valence-electron chi connectivity index (χ1n) is 21.5. The topological polar surface area (TPSA) is 188 Å². The highest BCUT2D eigenvalue weighted by Gasteiger charge is 2.42. The molecule has 4 amide bonds. The number of unbranched alkanes of at least 4 members (excludes halogenated alkanes) is 1. The quantitative estimate of drug-likeness (QED) is 0.0806. The summed E-state index contributed by atoms with van der Waals surface area (Å²) in [6.45, 7) is 15.9. The average molecular weight is 817 g/mol. The van der Waals surface area contributed by atoms with E-state index in [0.717, 1.165) is 31.2 Å². The summed E-state index contributed by atoms with van der Waals surface area (Å²) in [5, 5.41) is 19.6. The van der Waals surface area contributed by atoms with Crippen molar-refractivity contribution in [1.82, 2.24) is 20.4 Å². The lowest BCUT2D eigenvalue weighted by Crippen LogP contribution is -3.14. The Balaban J connectivity index is 2.31. The second-order valence-electron chi connectivity index (χ2n) is 17.1. The zero-order chi connectivity index (χ0) is 43.7. The molecular weight excluding hydrogens is 741 g/mol. The molecule has 0 saturated carbocycles. The molecule has 0 aromatic heterocycles. The number of benzene rings is 1. The Morgan fingerprint density at radius 2 is 1.64 bits per heavy atom. The van der Waals surface area contributed by atoms with Gasteiger partial charge < -0.3 is 50.7 Å². The zero-order valence-corrected chi connectivity index (χ0v) is 37.2. The van der Waals surface area contributed by atoms with Crippen molar-refractivity contribution < 1.29 is 38.5 Å². The van der Waals surface area contributed by atoms with E-state index in [1.54, 1.807) is 40.0 Å². The minimum Gasteiger partial charge on any atom is -0.634 e. The molecule has 11 atom stereocenters. The fourth-order valence-corrected chi connectivity index (χ4v) is 8.19. The molecule has 0 bridgehead atoms. The molecule has 0 aliphatic carbocycles. The number of carbonyl (C=O) groups is 5. The summed E-state index contributed by atoms with van der Waals surface area (Å²) in [5.74, 6) is -2.04. The van der Waals surface area contributed by atoms with Gasteiger partial charge in [-0.25, -0.2) is 0 Å². The molecule has 0 radical (unpaired) electrons. The molecule has 14 nitrogen and oxygen atoms in total. The number of amides is 4. The van der Waals surface area contributed by atoms with Crippen molar-refractivity contribution >= 4 is 29.9 Å². The number of nitrogens with two attached hydrogens (primary N) is 1. The van der Waals surface area contributed by atoms with Gasteiger partial charge in [0.15, 0.2) is 6.04 Å². The van der Waals surface area contributed by atoms with Gasteiger partial charge in [0.25, 0.3) is 5.91 Å². The van der Waals surface area contributed by atoms with Gasteiger partial charge in [-0.1, -0.05) is 105 Å². The Labute approximate surface area is 348 Å². The number of rotatable bonds is 26. The fraction of sp³-hybridized carbons (Fsp3) is 0.750. The fourth-order valence-electron chi connectivity index (χ4n) is 8.19. The second kappa shape index (κ2) is 25.3. The average Bonchev–Trinajstić information content (AvgIpc) is 3.69. The largest absolute Gasteiger partial charge is 0.634 e. The lowest BCUT2D eigenvalue weighted by atomic mass is 9.89. The van der Waals surface area contributed by atoms with Crippen molar-refractivity contribution in [3.05, 3.63) is 41.1 Å². The Bertz CT molecular complexity index is 1420. The number of quaternary nitrogens is 1. The molecule has 1 aromatic rings. The first-order valence-corrected chi connectivity index (χ1v) is 21.5. The van der Waals surface area contributed by atoms with E-state index in [2.05, 4.69) is 10.6 Å². The minimum absolute atomic E-state index is 0.00449. The van der Waals surface area contributed by atoms with Crippen LogP contribution in [0.2, 0.25) is 0 Å². The van der Waals surface area contributed by atoms with Crippen LogP contribution in [0.4, 0.5) is 0 Å². The van der Waals surface area contributed by atoms with Crippen LogP contribution in [-0.2, 0) is 39.9 Å². The molecule has 330 valence electrons. The molecule has 1 aromatic carbocycles. The van der Waals surface area contributed by atoms with E-state index in [4.69, 9.17) is 15.2 Å². The molecule has 2 rings (SSSR count). The Morgan fingerprint density at radius 1 is 0.983 bits per heavy atom. The van der Waals surface area contributed by atoms with Crippen LogP contribution in [0.3, 0.4) is 0 Å². The number of nitrogens with one attached hydrogen (secondary N) is 3. The minimum atomic E-state index is -1.09. The highest BCUT2D eigenvalue weighted by atomic mass is 16.5. The number of hydrogen-bond donors (Lipinski definition) is 4. The monoisotopic (exact) mass is 817 g/mol. The van der Waals surface area contributed by atoms with Gasteiger partial charge in [0, 0.05) is 40.2 Å². The van der Waals surface area contributed by atoms with Gasteiger partial charge in [0.05, 0.1) is 49.3 Å². The Morgan fingerprint density at radius 3 is 2.17 bits per heavy atom. The van der Waals surface area contributed by atoms with Crippen LogP contribution in [0, 0.1) is 28.9 Å². The third kappa shape index (κ3) is 14.4. The third-order valence-electron chi connectivity index (χ3n) is 12.0. The van der Waals surface area contributed by atoms with E-state index < -0.39 is 48.2 Å². The second-order valence-corrected chi connectivity index (χ2v) is 17.1. The summed E-state index contributed by atoms with van der Waals surface area (Å²) >= 11 is 0. The molecule has 1 aliphatic heterocycles. The van der Waals surface area contributed by atoms with Crippen LogP contribution in [0.25, 0.3) is 0 Å². The summed E-state index contributed by atoms with van der Waals surface area (Å²) in [5.41, 5.74) is 7.07. The summed E-state index contributed by atoms with van der Waals surface area (Å²) in [4.78, 5) is 70.2. The molecule has 1 saturated heterocycles. The molecular formula is C44H76N6O8. The van der Waals surface area contributed by atoms with Gasteiger partial charge >= 0.3 is 0 Å². The highest BCUT2D eigenvalue weighted by Crippen LogP contribution is 2.29. The van der Waals surface area contributed by atoms with Crippen molar-refractivity contribution in [2.75, 3.05) is 34.4 Å². The summed E-state index contributed by atoms with van der Waals surface area (Å²) < 4.78 is 12.0. The first-order chi connectivity index (χ1) is 27.5. The summed E-state index contributed by atoms with van der Waals surface area (Å²) in [7, 11) is 4.88. The predicted octanol–water partition coefficient (Wildman–Crippen LogP) is 2.90. The van der Waals surface area contributed by atoms with Crippen LogP contribution < -0.4 is 21.4 Å². The highest BCUT2D eigenvalue weighted by molar-refractivity contribution is 5.90. The van der Waals surface area contributed by atoms with E-state index in [1.807, 2.05) is 76.8 Å². The normalized spacial score (nSPS) is 19.6. The van der Waals surface area contributed by atoms with E-state index >= 15 is 0 Å². The van der Waals surface area contributed by atoms with Gasteiger partial charge in [-0.15, -0.1) is 0 Å². The summed E-state index contributed by atoms with van der Waals surface area (Å²) in [6, 6.07) is 5.19. The zero-order valence-electron chi connectivity index (χ0n) is 37.2. The van der Waals surface area contributed by atoms with Crippen molar-refractivity contribution in [3.8, 4) is 0 Å². The number of methoxy groups -OCH3 is 2. The standard InChI is InChI=1S/C44H76N6O8/c1-12-14-21-33(27-51)46-43(54)39(29(5)6)47-42(53)35(24-32-19-16-15-17-20-32)50(56)26-31(8)41(58-11)34-22-18-23-49(34)37(52)25-36(57-10)40(30(7)13-2)48(9)44(55)38(45)28(3)4/h15-17,19-20,27-31,33-36,38-41,50H,12-14,18,21-26,45H2,1-11H3,(H,46,54)(H,47,53)/t30-,31-,33-,34-,35-,36+,38-,39-,40-,41+/m0/s1. The molecule has 0 spiro atoms. The van der Waals surface area contributed by atoms with Crippen molar-refractivity contribution in [3.63, 3.8) is 0 Å². The lowest BCUT2D eigenvalue weighted by molar-refractivity contribution is -0.869. The smallest absolute Gasteiger partial charge is 0.279 e. The van der Waals surface area contributed by atoms with Crippen LogP contribution in [0.15, 0.2) is 30.3 Å². The number of aldehydes is 1. The molecule has 14 heteroatoms. The maximum Gasteiger partial charge on any atom is 0.279 e. The van der Waals surface area contributed by atoms with E-state index in [-0.39, 0.29) is 72.0 Å². The predicted molar refractivity (Wildman–Crippen MR) is 226 cm³/mol. The third-order valence-corrected chi connectivity index (χ3v) is 12.0. The number of ether oxygens (including phenoxy) is 2. The number of nitrogens with zero attached hydrogens (tertiary/aromatic N) is 2. The molecule has 1 fully saturated rings. The van der Waals surface area contributed by atoms with Gasteiger partial charge in [-0.05, 0) is 42.6 Å². The van der Waals surface area contributed by atoms with Gasteiger partial charge in [-0.3, -0.25) is 19.2 Å². The van der Waals surface area contributed by atoms with Crippen LogP contribution in [0.1, 0.15) is 106 Å². The number of carbonyl (C=O) groups excluding carboxylic acids is 5. The molecule has 1 aliphatic rings. The van der Waals surface area contributed by atoms with Crippen LogP contribution in [0.5, 0.6) is 0 Å². The van der Waals surface area contributed by atoms with E-state index in [1.165, 1.54) is 0 Å². The number of likely N-dealkylation sites (N-methyl/N-ethyl adjacent to an activating group) is 1. The number of hydroxylamine groups is 2. The molecule has 1 unspecified atom stereocenters. The van der Waals surface area contributed by atoms with Crippen molar-refractivity contribution in [1.29, 1.82) is 0 Å². The first kappa shape index (κ1) is 50.7. The van der Waals surface area contributed by atoms with Crippen LogP contribution in [-0.4, -0.2) is 123 Å². The number of likely N-dealkylation sites (tertiary alicyclic amines) is 1. The number of hydrogen-bond acceptors (Lipinski definition) is 9. The van der Waals surface area contributed by atoms with Gasteiger partial charge in [0.2, 0.25) is 17.7 Å². The van der Waals surface area contributed by atoms with Crippen LogP contribution >= 0.6 is 0 Å².